The van der Waals surface area contributed by atoms with Crippen molar-refractivity contribution in [2.45, 2.75) is 36.5 Å². The number of rotatable bonds is 7. The maximum absolute atomic E-state index is 14.0. The highest BCUT2D eigenvalue weighted by Gasteiger charge is 2.63. The van der Waals surface area contributed by atoms with Gasteiger partial charge >= 0.3 is 0 Å². The largest absolute Gasteiger partial charge is 0.497 e. The lowest BCUT2D eigenvalue weighted by Crippen LogP contribution is -2.40. The van der Waals surface area contributed by atoms with E-state index in [4.69, 9.17) is 9.47 Å². The fraction of sp³-hybridized carbons (Fsp3) is 0.241. The maximum atomic E-state index is 14.0. The average Bonchev–Trinajstić information content (AvgIpc) is 3.65. The highest BCUT2D eigenvalue weighted by atomic mass is 32.2. The molecule has 7 nitrogen and oxygen atoms in total. The number of ether oxygens (including phenoxy) is 2. The van der Waals surface area contributed by atoms with Gasteiger partial charge in [0.25, 0.3) is 10.0 Å². The molecule has 0 spiro atoms. The van der Waals surface area contributed by atoms with Gasteiger partial charge in [0.1, 0.15) is 11.5 Å². The van der Waals surface area contributed by atoms with Crippen LogP contribution in [-0.2, 0) is 20.2 Å². The number of carbonyl (C=O) groups excluding carboxylic acids is 1. The molecule has 1 amide bonds. The summed E-state index contributed by atoms with van der Waals surface area (Å²) in [5, 5.41) is 0.457. The van der Waals surface area contributed by atoms with E-state index >= 15 is 0 Å². The first-order chi connectivity index (χ1) is 17.7. The van der Waals surface area contributed by atoms with E-state index in [-0.39, 0.29) is 10.8 Å². The van der Waals surface area contributed by atoms with Crippen LogP contribution in [0.3, 0.4) is 0 Å². The number of benzene rings is 3. The molecule has 2 atom stereocenters. The van der Waals surface area contributed by atoms with Crippen LogP contribution in [0.25, 0.3) is 10.9 Å². The van der Waals surface area contributed by atoms with Crippen LogP contribution in [0.1, 0.15) is 34.7 Å². The van der Waals surface area contributed by atoms with Crippen molar-refractivity contribution in [3.8, 4) is 11.5 Å². The molecule has 1 fully saturated rings. The molecular weight excluding hydrogens is 488 g/mol. The number of hydrogen-bond donors (Lipinski definition) is 1. The number of aromatic nitrogens is 1. The number of carbonyl (C=O) groups is 1. The summed E-state index contributed by atoms with van der Waals surface area (Å²) in [6, 6.07) is 21.5. The van der Waals surface area contributed by atoms with Gasteiger partial charge in [0.2, 0.25) is 5.91 Å². The normalized spacial score (nSPS) is 18.9. The van der Waals surface area contributed by atoms with E-state index in [0.29, 0.717) is 34.4 Å². The molecule has 1 aliphatic carbocycles. The molecule has 5 rings (SSSR count). The Balaban J connectivity index is 1.58. The lowest BCUT2D eigenvalue weighted by Gasteiger charge is -2.21. The second kappa shape index (κ2) is 9.19. The molecule has 190 valence electrons. The zero-order valence-electron chi connectivity index (χ0n) is 21.1. The molecule has 1 heterocycles. The zero-order valence-corrected chi connectivity index (χ0v) is 21.9. The highest BCUT2D eigenvalue weighted by molar-refractivity contribution is 7.90. The summed E-state index contributed by atoms with van der Waals surface area (Å²) < 4.78 is 40.5. The molecular formula is C29H28N2O5S. The summed E-state index contributed by atoms with van der Waals surface area (Å²) in [5.41, 5.74) is 2.74. The van der Waals surface area contributed by atoms with Gasteiger partial charge < -0.3 is 9.47 Å². The van der Waals surface area contributed by atoms with Crippen LogP contribution >= 0.6 is 0 Å². The fourth-order valence-corrected chi connectivity index (χ4v) is 6.33. The number of nitrogens with one attached hydrogen (secondary N) is 1. The Bertz CT molecular complexity index is 1620. The number of amides is 1. The topological polar surface area (TPSA) is 94.6 Å². The third kappa shape index (κ3) is 4.31. The number of sulfonamides is 1. The van der Waals surface area contributed by atoms with Crippen molar-refractivity contribution in [1.82, 2.24) is 9.71 Å². The van der Waals surface area contributed by atoms with Crippen LogP contribution < -0.4 is 14.2 Å². The van der Waals surface area contributed by atoms with E-state index < -0.39 is 21.3 Å². The van der Waals surface area contributed by atoms with Crippen LogP contribution in [0.2, 0.25) is 0 Å². The van der Waals surface area contributed by atoms with Crippen molar-refractivity contribution in [2.75, 3.05) is 14.2 Å². The first-order valence-electron chi connectivity index (χ1n) is 11.9. The maximum Gasteiger partial charge on any atom is 0.264 e. The predicted octanol–water partition coefficient (Wildman–Crippen LogP) is 4.80. The van der Waals surface area contributed by atoms with Crippen LogP contribution in [0.15, 0.2) is 77.7 Å². The predicted molar refractivity (Wildman–Crippen MR) is 142 cm³/mol. The smallest absolute Gasteiger partial charge is 0.264 e. The summed E-state index contributed by atoms with van der Waals surface area (Å²) in [5.74, 6) is 0.421. The van der Waals surface area contributed by atoms with Crippen LogP contribution in [0, 0.1) is 13.8 Å². The Labute approximate surface area is 216 Å². The Morgan fingerprint density at radius 1 is 0.973 bits per heavy atom. The van der Waals surface area contributed by atoms with Gasteiger partial charge in [-0.3, -0.25) is 9.78 Å². The molecule has 1 aromatic heterocycles. The number of methoxy groups -OCH3 is 2. The van der Waals surface area contributed by atoms with Gasteiger partial charge in [-0.25, -0.2) is 13.1 Å². The zero-order chi connectivity index (χ0) is 26.4. The summed E-state index contributed by atoms with van der Waals surface area (Å²) in [7, 11) is -1.05. The minimum atomic E-state index is -4.20. The molecule has 0 aliphatic heterocycles. The van der Waals surface area contributed by atoms with E-state index in [0.717, 1.165) is 16.8 Å². The number of aryl methyl sites for hydroxylation is 2. The van der Waals surface area contributed by atoms with Crippen LogP contribution in [-0.4, -0.2) is 33.5 Å². The van der Waals surface area contributed by atoms with Crippen molar-refractivity contribution in [3.63, 3.8) is 0 Å². The van der Waals surface area contributed by atoms with E-state index in [1.54, 1.807) is 38.5 Å². The molecule has 0 radical (unpaired) electrons. The van der Waals surface area contributed by atoms with Crippen molar-refractivity contribution in [3.05, 3.63) is 95.2 Å². The first-order valence-corrected chi connectivity index (χ1v) is 13.4. The third-order valence-corrected chi connectivity index (χ3v) is 8.46. The van der Waals surface area contributed by atoms with Crippen molar-refractivity contribution < 1.29 is 22.7 Å². The SMILES string of the molecule is COc1ccc(C2CC2(C(=O)NS(=O)(=O)c2cccc3nc(C)ccc23)c2cc(C)ccc2OC)cc1. The second-order valence-corrected chi connectivity index (χ2v) is 11.1. The van der Waals surface area contributed by atoms with Crippen molar-refractivity contribution in [1.29, 1.82) is 0 Å². The van der Waals surface area contributed by atoms with E-state index in [9.17, 15) is 13.2 Å². The Kier molecular flexibility index (Phi) is 6.15. The quantitative estimate of drug-likeness (QED) is 0.379. The molecule has 1 saturated carbocycles. The molecule has 8 heteroatoms. The molecule has 3 aromatic carbocycles. The molecule has 1 N–H and O–H groups in total. The van der Waals surface area contributed by atoms with E-state index in [1.165, 1.54) is 6.07 Å². The second-order valence-electron chi connectivity index (χ2n) is 9.42. The molecule has 4 aromatic rings. The van der Waals surface area contributed by atoms with Crippen molar-refractivity contribution >= 4 is 26.8 Å². The summed E-state index contributed by atoms with van der Waals surface area (Å²) in [6.07, 6.45) is 0.441. The van der Waals surface area contributed by atoms with Gasteiger partial charge in [-0.2, -0.15) is 0 Å². The Morgan fingerprint density at radius 3 is 2.43 bits per heavy atom. The van der Waals surface area contributed by atoms with Gasteiger partial charge in [-0.05, 0) is 68.3 Å². The number of nitrogens with zero attached hydrogens (tertiary/aromatic N) is 1. The summed E-state index contributed by atoms with van der Waals surface area (Å²) >= 11 is 0. The van der Waals surface area contributed by atoms with Gasteiger partial charge in [0.05, 0.1) is 30.0 Å². The van der Waals surface area contributed by atoms with Crippen LogP contribution in [0.5, 0.6) is 11.5 Å². The molecule has 0 saturated heterocycles. The van der Waals surface area contributed by atoms with Gasteiger partial charge in [0, 0.05) is 22.6 Å². The molecule has 2 unspecified atom stereocenters. The number of hydrogen-bond acceptors (Lipinski definition) is 6. The summed E-state index contributed by atoms with van der Waals surface area (Å²) in [4.78, 5) is 18.5. The lowest BCUT2D eigenvalue weighted by atomic mass is 9.88. The average molecular weight is 517 g/mol. The molecule has 1 aliphatic rings. The molecule has 0 bridgehead atoms. The first kappa shape index (κ1) is 24.8. The Hall–Kier alpha value is -3.91. The van der Waals surface area contributed by atoms with Gasteiger partial charge in [0.15, 0.2) is 0 Å². The number of pyridine rings is 1. The van der Waals surface area contributed by atoms with Crippen molar-refractivity contribution in [2.24, 2.45) is 0 Å². The fourth-order valence-electron chi connectivity index (χ4n) is 5.07. The van der Waals surface area contributed by atoms with Crippen LogP contribution in [0.4, 0.5) is 0 Å². The minimum Gasteiger partial charge on any atom is -0.497 e. The van der Waals surface area contributed by atoms with Gasteiger partial charge in [-0.15, -0.1) is 0 Å². The lowest BCUT2D eigenvalue weighted by molar-refractivity contribution is -0.122. The number of fused-ring (bicyclic) bond motifs is 1. The molecule has 37 heavy (non-hydrogen) atoms. The van der Waals surface area contributed by atoms with E-state index in [1.807, 2.05) is 56.3 Å². The minimum absolute atomic E-state index is 0.0128. The monoisotopic (exact) mass is 516 g/mol. The third-order valence-electron chi connectivity index (χ3n) is 7.07. The van der Waals surface area contributed by atoms with E-state index in [2.05, 4.69) is 9.71 Å². The Morgan fingerprint density at radius 2 is 1.73 bits per heavy atom. The summed E-state index contributed by atoms with van der Waals surface area (Å²) in [6.45, 7) is 3.77. The highest BCUT2D eigenvalue weighted by Crippen LogP contribution is 2.62. The standard InChI is InChI=1S/C29H28N2O5S/c1-18-8-15-26(36-4)23(16-18)29(17-24(29)20-10-12-21(35-3)13-11-20)28(32)31-37(33,34)27-7-5-6-25-22(27)14-9-19(2)30-25/h5-16,24H,17H2,1-4H3,(H,31,32). The van der Waals surface area contributed by atoms with Gasteiger partial charge in [-0.1, -0.05) is 35.9 Å².